The first-order chi connectivity index (χ1) is 15.0. The van der Waals surface area contributed by atoms with Crippen LogP contribution in [-0.4, -0.2) is 10.8 Å². The summed E-state index contributed by atoms with van der Waals surface area (Å²) in [5, 5.41) is 17.0. The summed E-state index contributed by atoms with van der Waals surface area (Å²) in [6.45, 7) is 0. The predicted molar refractivity (Wildman–Crippen MR) is 122 cm³/mol. The van der Waals surface area contributed by atoms with Crippen LogP contribution in [0.1, 0.15) is 11.1 Å². The molecule has 0 aliphatic heterocycles. The van der Waals surface area contributed by atoms with E-state index in [-0.39, 0.29) is 5.84 Å². The quantitative estimate of drug-likeness (QED) is 0.320. The molecule has 6 heteroatoms. The highest BCUT2D eigenvalue weighted by molar-refractivity contribution is 6.05. The van der Waals surface area contributed by atoms with Crippen molar-refractivity contribution in [2.24, 2.45) is 5.73 Å². The van der Waals surface area contributed by atoms with Crippen LogP contribution >= 0.6 is 0 Å². The fourth-order valence-corrected chi connectivity index (χ4v) is 3.23. The molecular formula is C25H19N5O. The second-order valence-corrected chi connectivity index (χ2v) is 6.86. The number of nitrogen functional groups attached to an aromatic ring is 2. The highest BCUT2D eigenvalue weighted by Crippen LogP contribution is 2.32. The minimum atomic E-state index is -0.156. The summed E-state index contributed by atoms with van der Waals surface area (Å²) in [5.74, 6) is 1.26. The van der Waals surface area contributed by atoms with Gasteiger partial charge in [-0.3, -0.25) is 5.41 Å². The van der Waals surface area contributed by atoms with Crippen LogP contribution in [0.4, 0.5) is 5.69 Å². The fourth-order valence-electron chi connectivity index (χ4n) is 3.23. The van der Waals surface area contributed by atoms with Gasteiger partial charge in [-0.1, -0.05) is 30.3 Å². The second kappa shape index (κ2) is 8.39. The summed E-state index contributed by atoms with van der Waals surface area (Å²) in [5.41, 5.74) is 16.1. The van der Waals surface area contributed by atoms with Gasteiger partial charge in [-0.2, -0.15) is 5.26 Å². The first-order valence-electron chi connectivity index (χ1n) is 9.54. The van der Waals surface area contributed by atoms with Gasteiger partial charge >= 0.3 is 0 Å². The van der Waals surface area contributed by atoms with Gasteiger partial charge in [0.2, 0.25) is 0 Å². The number of nitriles is 1. The van der Waals surface area contributed by atoms with Gasteiger partial charge in [-0.25, -0.2) is 4.98 Å². The number of ether oxygens (including phenoxy) is 1. The van der Waals surface area contributed by atoms with E-state index in [9.17, 15) is 0 Å². The van der Waals surface area contributed by atoms with Gasteiger partial charge in [-0.05, 0) is 54.6 Å². The van der Waals surface area contributed by atoms with Crippen molar-refractivity contribution in [3.8, 4) is 40.1 Å². The SMILES string of the molecule is N#Cc1ccc(-c2cc(N)c(C(=N)N)c(-c3ccc(Oc4ccccc4)cc3)n2)cc1. The first-order valence-corrected chi connectivity index (χ1v) is 9.54. The summed E-state index contributed by atoms with van der Waals surface area (Å²) >= 11 is 0. The average Bonchev–Trinajstić information content (AvgIpc) is 2.79. The number of pyridine rings is 1. The molecule has 1 heterocycles. The molecular weight excluding hydrogens is 386 g/mol. The molecule has 6 nitrogen and oxygen atoms in total. The maximum absolute atomic E-state index is 9.02. The molecule has 3 aromatic carbocycles. The lowest BCUT2D eigenvalue weighted by Gasteiger charge is -2.14. The Kier molecular flexibility index (Phi) is 5.33. The molecule has 0 saturated heterocycles. The molecule has 5 N–H and O–H groups in total. The molecule has 0 fully saturated rings. The zero-order valence-electron chi connectivity index (χ0n) is 16.5. The standard InChI is InChI=1S/C25H19N5O/c26-15-16-6-8-17(9-7-16)22-14-21(27)23(25(28)29)24(30-22)18-10-12-20(13-11-18)31-19-4-2-1-3-5-19/h1-14H,(H2,27,30)(H3,28,29). The van der Waals surface area contributed by atoms with Gasteiger partial charge in [0.1, 0.15) is 17.3 Å². The Balaban J connectivity index is 1.74. The van der Waals surface area contributed by atoms with Gasteiger partial charge in [-0.15, -0.1) is 0 Å². The van der Waals surface area contributed by atoms with Crippen molar-refractivity contribution in [2.75, 3.05) is 5.73 Å². The van der Waals surface area contributed by atoms with E-state index in [0.717, 1.165) is 16.9 Å². The summed E-state index contributed by atoms with van der Waals surface area (Å²) in [6, 6.07) is 27.7. The molecule has 150 valence electrons. The first kappa shape index (κ1) is 19.7. The number of hydrogen-bond donors (Lipinski definition) is 3. The molecule has 1 aromatic heterocycles. The number of amidine groups is 1. The fraction of sp³-hybridized carbons (Fsp3) is 0. The molecule has 0 unspecified atom stereocenters. The molecule has 31 heavy (non-hydrogen) atoms. The Bertz CT molecular complexity index is 1270. The third kappa shape index (κ3) is 4.21. The molecule has 0 atom stereocenters. The number of benzene rings is 3. The largest absolute Gasteiger partial charge is 0.457 e. The van der Waals surface area contributed by atoms with Crippen LogP contribution in [0.25, 0.3) is 22.5 Å². The van der Waals surface area contributed by atoms with Crippen LogP contribution in [0.15, 0.2) is 84.9 Å². The number of nitrogens with one attached hydrogen (secondary N) is 1. The van der Waals surface area contributed by atoms with Crippen molar-refractivity contribution < 1.29 is 4.74 Å². The monoisotopic (exact) mass is 405 g/mol. The van der Waals surface area contributed by atoms with E-state index in [4.69, 9.17) is 31.9 Å². The summed E-state index contributed by atoms with van der Waals surface area (Å²) in [6.07, 6.45) is 0. The maximum atomic E-state index is 9.02. The number of para-hydroxylation sites is 1. The van der Waals surface area contributed by atoms with E-state index < -0.39 is 0 Å². The Hall–Kier alpha value is -4.63. The Morgan fingerprint density at radius 3 is 2.10 bits per heavy atom. The van der Waals surface area contributed by atoms with Gasteiger partial charge in [0.15, 0.2) is 0 Å². The van der Waals surface area contributed by atoms with Gasteiger partial charge in [0.25, 0.3) is 0 Å². The molecule has 0 saturated carbocycles. The second-order valence-electron chi connectivity index (χ2n) is 6.86. The minimum Gasteiger partial charge on any atom is -0.457 e. The number of aromatic nitrogens is 1. The van der Waals surface area contributed by atoms with Crippen LogP contribution in [0.5, 0.6) is 11.5 Å². The normalized spacial score (nSPS) is 10.3. The number of anilines is 1. The smallest absolute Gasteiger partial charge is 0.127 e. The summed E-state index contributed by atoms with van der Waals surface area (Å²) < 4.78 is 5.85. The van der Waals surface area contributed by atoms with E-state index in [1.54, 1.807) is 18.2 Å². The van der Waals surface area contributed by atoms with Crippen molar-refractivity contribution in [1.29, 1.82) is 10.7 Å². The summed E-state index contributed by atoms with van der Waals surface area (Å²) in [4.78, 5) is 4.74. The lowest BCUT2D eigenvalue weighted by molar-refractivity contribution is 0.483. The summed E-state index contributed by atoms with van der Waals surface area (Å²) in [7, 11) is 0. The van der Waals surface area contributed by atoms with Crippen LogP contribution in [0, 0.1) is 16.7 Å². The van der Waals surface area contributed by atoms with E-state index in [0.29, 0.717) is 34.0 Å². The Morgan fingerprint density at radius 1 is 0.871 bits per heavy atom. The number of hydrogen-bond acceptors (Lipinski definition) is 5. The highest BCUT2D eigenvalue weighted by Gasteiger charge is 2.16. The van der Waals surface area contributed by atoms with Crippen molar-refractivity contribution in [2.45, 2.75) is 0 Å². The molecule has 0 aliphatic rings. The maximum Gasteiger partial charge on any atom is 0.127 e. The molecule has 0 radical (unpaired) electrons. The number of nitrogens with zero attached hydrogens (tertiary/aromatic N) is 2. The molecule has 0 bridgehead atoms. The van der Waals surface area contributed by atoms with E-state index in [1.807, 2.05) is 66.7 Å². The molecule has 0 spiro atoms. The lowest BCUT2D eigenvalue weighted by Crippen LogP contribution is -2.16. The predicted octanol–water partition coefficient (Wildman–Crippen LogP) is 4.95. The van der Waals surface area contributed by atoms with Crippen LogP contribution in [-0.2, 0) is 0 Å². The Labute approximate surface area is 179 Å². The topological polar surface area (TPSA) is 122 Å². The van der Waals surface area contributed by atoms with Gasteiger partial charge in [0.05, 0.1) is 28.6 Å². The average molecular weight is 405 g/mol. The van der Waals surface area contributed by atoms with Crippen molar-refractivity contribution in [3.63, 3.8) is 0 Å². The highest BCUT2D eigenvalue weighted by atomic mass is 16.5. The van der Waals surface area contributed by atoms with E-state index >= 15 is 0 Å². The van der Waals surface area contributed by atoms with Crippen molar-refractivity contribution in [3.05, 3.63) is 96.1 Å². The molecule has 0 amide bonds. The number of rotatable bonds is 5. The van der Waals surface area contributed by atoms with Crippen molar-refractivity contribution >= 4 is 11.5 Å². The minimum absolute atomic E-state index is 0.156. The zero-order chi connectivity index (χ0) is 21.8. The van der Waals surface area contributed by atoms with E-state index in [1.165, 1.54) is 0 Å². The molecule has 0 aliphatic carbocycles. The Morgan fingerprint density at radius 2 is 1.48 bits per heavy atom. The van der Waals surface area contributed by atoms with Crippen LogP contribution in [0.2, 0.25) is 0 Å². The van der Waals surface area contributed by atoms with E-state index in [2.05, 4.69) is 6.07 Å². The molecule has 4 rings (SSSR count). The third-order valence-corrected chi connectivity index (χ3v) is 4.74. The van der Waals surface area contributed by atoms with Crippen LogP contribution in [0.3, 0.4) is 0 Å². The number of nitrogens with two attached hydrogens (primary N) is 2. The van der Waals surface area contributed by atoms with Gasteiger partial charge in [0, 0.05) is 16.8 Å². The lowest BCUT2D eigenvalue weighted by atomic mass is 10.0. The van der Waals surface area contributed by atoms with Gasteiger partial charge < -0.3 is 16.2 Å². The van der Waals surface area contributed by atoms with Crippen LogP contribution < -0.4 is 16.2 Å². The van der Waals surface area contributed by atoms with Crippen molar-refractivity contribution in [1.82, 2.24) is 4.98 Å². The molecule has 4 aromatic rings. The third-order valence-electron chi connectivity index (χ3n) is 4.74. The zero-order valence-corrected chi connectivity index (χ0v) is 16.5.